The largest absolute Gasteiger partial charge is 0.394 e. The second-order valence-electron chi connectivity index (χ2n) is 23.8. The number of allylic oxidation sites excluding steroid dienone is 1. The zero-order valence-corrected chi connectivity index (χ0v) is 42.7. The van der Waals surface area contributed by atoms with E-state index in [1.807, 2.05) is 6.92 Å². The van der Waals surface area contributed by atoms with Gasteiger partial charge in [-0.3, -0.25) is 0 Å². The molecule has 8 fully saturated rings. The molecule has 5 heterocycles. The highest BCUT2D eigenvalue weighted by Crippen LogP contribution is 2.70. The first-order valence-corrected chi connectivity index (χ1v) is 26.8. The minimum Gasteiger partial charge on any atom is -0.394 e. The molecule has 22 heteroatoms. The molecule has 9 aliphatic rings. The van der Waals surface area contributed by atoms with Crippen molar-refractivity contribution in [2.75, 3.05) is 19.8 Å². The molecule has 73 heavy (non-hydrogen) atoms. The van der Waals surface area contributed by atoms with E-state index in [1.165, 1.54) is 19.4 Å². The highest BCUT2D eigenvalue weighted by Gasteiger charge is 2.68. The van der Waals surface area contributed by atoms with E-state index in [0.29, 0.717) is 43.4 Å². The monoisotopic (exact) mass is 1050 g/mol. The SMILES string of the molecule is C[C@H](CC[C@@]1(O)O[C@H]2C[C@H]3[C@@H]4CC=C5C[C@@H](O[C@@H]6O[C@H](CO)[C@H](O[C@@H]7O[C@@H](C)[C@H](O)[C@@H](O)[C@H]7O)[C@H](O)[C@H]6O[C@@H]6O[C@@H](C)[C@H](O)[C@@H](O)[C@H]6O)CC[C@]5(C)[C@H]4CC[C@]3(C)[C@H]2[C@@H]1C)CO[C@@H]1O[C@H](CO)[C@@H](O)[C@H](O)[C@H]1O. The van der Waals surface area contributed by atoms with Crippen molar-refractivity contribution in [2.45, 2.75) is 240 Å². The number of rotatable bonds is 14. The third-order valence-corrected chi connectivity index (χ3v) is 19.5. The van der Waals surface area contributed by atoms with Gasteiger partial charge < -0.3 is 109 Å². The number of hydrogen-bond acceptors (Lipinski definition) is 22. The van der Waals surface area contributed by atoms with Crippen LogP contribution in [0.2, 0.25) is 0 Å². The Balaban J connectivity index is 0.846. The molecule has 0 unspecified atom stereocenters. The van der Waals surface area contributed by atoms with Gasteiger partial charge in [0.15, 0.2) is 30.9 Å². The van der Waals surface area contributed by atoms with E-state index >= 15 is 0 Å². The van der Waals surface area contributed by atoms with E-state index < -0.39 is 148 Å². The molecule has 4 aliphatic carbocycles. The summed E-state index contributed by atoms with van der Waals surface area (Å²) >= 11 is 0. The summed E-state index contributed by atoms with van der Waals surface area (Å²) in [5.41, 5.74) is 1.07. The van der Waals surface area contributed by atoms with Crippen molar-refractivity contribution in [3.63, 3.8) is 0 Å². The van der Waals surface area contributed by atoms with Gasteiger partial charge in [0, 0.05) is 12.3 Å². The van der Waals surface area contributed by atoms with E-state index in [0.717, 1.165) is 32.1 Å². The van der Waals surface area contributed by atoms with Crippen molar-refractivity contribution in [3.8, 4) is 0 Å². The van der Waals surface area contributed by atoms with Crippen molar-refractivity contribution < 1.29 is 109 Å². The van der Waals surface area contributed by atoms with Gasteiger partial charge in [-0.05, 0) is 106 Å². The molecular weight excluding hydrogens is 965 g/mol. The molecule has 3 saturated carbocycles. The van der Waals surface area contributed by atoms with Gasteiger partial charge in [-0.2, -0.15) is 0 Å². The highest BCUT2D eigenvalue weighted by molar-refractivity contribution is 5.26. The average molecular weight is 1050 g/mol. The van der Waals surface area contributed by atoms with Crippen LogP contribution in [0.1, 0.15) is 99.3 Å². The fourth-order valence-corrected chi connectivity index (χ4v) is 14.9. The Hall–Kier alpha value is -1.14. The first-order chi connectivity index (χ1) is 34.5. The fraction of sp³-hybridized carbons (Fsp3) is 0.961. The summed E-state index contributed by atoms with van der Waals surface area (Å²) < 4.78 is 54.6. The summed E-state index contributed by atoms with van der Waals surface area (Å²) in [6.45, 7) is 10.7. The Labute approximate surface area is 426 Å². The Morgan fingerprint density at radius 2 is 1.23 bits per heavy atom. The molecule has 0 aromatic carbocycles. The Kier molecular flexibility index (Phi) is 16.9. The van der Waals surface area contributed by atoms with E-state index in [1.54, 1.807) is 0 Å². The van der Waals surface area contributed by atoms with Crippen LogP contribution >= 0.6 is 0 Å². The van der Waals surface area contributed by atoms with Crippen molar-refractivity contribution in [1.82, 2.24) is 0 Å². The summed E-state index contributed by atoms with van der Waals surface area (Å²) in [7, 11) is 0. The molecule has 9 rings (SSSR count). The minimum absolute atomic E-state index is 0.0589. The van der Waals surface area contributed by atoms with Crippen LogP contribution in [0.4, 0.5) is 0 Å². The highest BCUT2D eigenvalue weighted by atomic mass is 16.8. The zero-order chi connectivity index (χ0) is 52.8. The lowest BCUT2D eigenvalue weighted by Crippen LogP contribution is -2.66. The summed E-state index contributed by atoms with van der Waals surface area (Å²) in [5.74, 6) is -0.232. The third-order valence-electron chi connectivity index (χ3n) is 19.5. The van der Waals surface area contributed by atoms with Crippen LogP contribution in [0.15, 0.2) is 11.6 Å². The molecule has 0 aromatic rings. The molecule has 420 valence electrons. The van der Waals surface area contributed by atoms with E-state index in [9.17, 15) is 66.4 Å². The van der Waals surface area contributed by atoms with Crippen LogP contribution in [0, 0.1) is 46.3 Å². The lowest BCUT2D eigenvalue weighted by Gasteiger charge is -2.58. The first-order valence-electron chi connectivity index (χ1n) is 26.8. The maximum absolute atomic E-state index is 12.1. The number of fused-ring (bicyclic) bond motifs is 7. The fourth-order valence-electron chi connectivity index (χ4n) is 14.9. The van der Waals surface area contributed by atoms with Gasteiger partial charge >= 0.3 is 0 Å². The van der Waals surface area contributed by atoms with Gasteiger partial charge in [-0.25, -0.2) is 0 Å². The molecule has 0 amide bonds. The zero-order valence-electron chi connectivity index (χ0n) is 42.7. The van der Waals surface area contributed by atoms with Crippen LogP contribution in [0.25, 0.3) is 0 Å². The second-order valence-corrected chi connectivity index (χ2v) is 23.8. The van der Waals surface area contributed by atoms with E-state index in [2.05, 4.69) is 26.8 Å². The molecule has 22 nitrogen and oxygen atoms in total. The van der Waals surface area contributed by atoms with E-state index in [4.69, 9.17) is 42.6 Å². The predicted octanol–water partition coefficient (Wildman–Crippen LogP) is -1.98. The number of hydrogen-bond donors (Lipinski definition) is 13. The molecule has 5 saturated heterocycles. The maximum atomic E-state index is 12.1. The topological polar surface area (TPSA) is 346 Å². The normalized spacial score (nSPS) is 55.5. The summed E-state index contributed by atoms with van der Waals surface area (Å²) in [6, 6.07) is 0. The van der Waals surface area contributed by atoms with Gasteiger partial charge in [-0.15, -0.1) is 0 Å². The number of aliphatic hydroxyl groups is 13. The van der Waals surface area contributed by atoms with Crippen molar-refractivity contribution >= 4 is 0 Å². The van der Waals surface area contributed by atoms with Crippen LogP contribution in [0.5, 0.6) is 0 Å². The third kappa shape index (κ3) is 10.2. The lowest BCUT2D eigenvalue weighted by molar-refractivity contribution is -0.388. The lowest BCUT2D eigenvalue weighted by atomic mass is 9.47. The Bertz CT molecular complexity index is 1900. The van der Waals surface area contributed by atoms with Gasteiger partial charge in [0.05, 0.1) is 44.2 Å². The van der Waals surface area contributed by atoms with Crippen molar-refractivity contribution in [1.29, 1.82) is 0 Å². The summed E-state index contributed by atoms with van der Waals surface area (Å²) in [6.07, 6.45) is -20.5. The average Bonchev–Trinajstić information content (AvgIpc) is 3.80. The number of ether oxygens (including phenoxy) is 9. The predicted molar refractivity (Wildman–Crippen MR) is 249 cm³/mol. The quantitative estimate of drug-likeness (QED) is 0.0839. The van der Waals surface area contributed by atoms with Crippen LogP contribution in [-0.2, 0) is 42.6 Å². The van der Waals surface area contributed by atoms with Crippen molar-refractivity contribution in [2.24, 2.45) is 46.3 Å². The molecule has 0 bridgehead atoms. The summed E-state index contributed by atoms with van der Waals surface area (Å²) in [4.78, 5) is 0. The first kappa shape index (κ1) is 56.6. The Morgan fingerprint density at radius 3 is 1.86 bits per heavy atom. The van der Waals surface area contributed by atoms with Gasteiger partial charge in [-0.1, -0.05) is 39.3 Å². The minimum atomic E-state index is -1.75. The molecule has 13 N–H and O–H groups in total. The summed E-state index contributed by atoms with van der Waals surface area (Å²) in [5, 5.41) is 139. The van der Waals surface area contributed by atoms with Crippen LogP contribution < -0.4 is 0 Å². The van der Waals surface area contributed by atoms with Gasteiger partial charge in [0.2, 0.25) is 0 Å². The van der Waals surface area contributed by atoms with Gasteiger partial charge in [0.1, 0.15) is 85.5 Å². The smallest absolute Gasteiger partial charge is 0.187 e. The Morgan fingerprint density at radius 1 is 0.644 bits per heavy atom. The standard InChI is InChI=1S/C51H84O22/c1-20(19-65-45-39(60)38(59)35(56)30(17-52)69-45)9-14-51(64)21(2)32-29(73-51)16-28-26-8-7-24-15-25(10-12-49(24,5)27(26)11-13-50(28,32)6)68-48-44(72-47-41(62)37(58)34(55)23(4)67-47)42(63)43(31(18-53)70-48)71-46-40(61)36(57)33(54)22(3)66-46/h7,20-23,25-48,52-64H,8-19H2,1-6H3/t20-,21+,22+,23+,25+,26-,27+,28+,29+,30-,31-,32+,33+,34+,35-,36-,37-,38+,39-,40-,41-,42+,43+,44-,45-,46+,47+,48-,49+,50+,51-/m1/s1. The maximum Gasteiger partial charge on any atom is 0.187 e. The van der Waals surface area contributed by atoms with Gasteiger partial charge in [0.25, 0.3) is 0 Å². The van der Waals surface area contributed by atoms with E-state index in [-0.39, 0.29) is 41.3 Å². The molecule has 0 aromatic heterocycles. The van der Waals surface area contributed by atoms with Crippen LogP contribution in [0.3, 0.4) is 0 Å². The van der Waals surface area contributed by atoms with Crippen molar-refractivity contribution in [3.05, 3.63) is 11.6 Å². The molecular formula is C51H84O22. The number of aliphatic hydroxyl groups excluding tert-OH is 12. The molecule has 0 radical (unpaired) electrons. The second kappa shape index (κ2) is 21.8. The molecule has 0 spiro atoms. The molecule has 31 atom stereocenters. The molecule has 5 aliphatic heterocycles. The van der Waals surface area contributed by atoms with Crippen LogP contribution in [-0.4, -0.2) is 227 Å².